The molecule has 0 aromatic heterocycles. The Morgan fingerprint density at radius 2 is 2.16 bits per heavy atom. The molecule has 1 aromatic rings. The number of benzene rings is 1. The van der Waals surface area contributed by atoms with Crippen molar-refractivity contribution in [3.63, 3.8) is 0 Å². The van der Waals surface area contributed by atoms with Gasteiger partial charge in [-0.2, -0.15) is 4.31 Å². The molecule has 0 bridgehead atoms. The van der Waals surface area contributed by atoms with Crippen LogP contribution in [0.5, 0.6) is 0 Å². The third kappa shape index (κ3) is 2.58. The van der Waals surface area contributed by atoms with Crippen molar-refractivity contribution in [1.29, 1.82) is 0 Å². The molecule has 1 saturated heterocycles. The lowest BCUT2D eigenvalue weighted by atomic mass is 10.2. The maximum absolute atomic E-state index is 13.0. The number of carboxylic acids is 1. The highest BCUT2D eigenvalue weighted by Crippen LogP contribution is 2.28. The van der Waals surface area contributed by atoms with Crippen molar-refractivity contribution >= 4 is 27.6 Å². The van der Waals surface area contributed by atoms with E-state index < -0.39 is 27.9 Å². The Morgan fingerprint density at radius 3 is 2.74 bits per heavy atom. The molecule has 5 nitrogen and oxygen atoms in total. The third-order valence-corrected chi connectivity index (χ3v) is 5.18. The lowest BCUT2D eigenvalue weighted by molar-refractivity contribution is -0.140. The summed E-state index contributed by atoms with van der Waals surface area (Å²) in [7, 11) is -3.97. The van der Waals surface area contributed by atoms with Crippen LogP contribution in [0.25, 0.3) is 0 Å². The molecule has 1 heterocycles. The van der Waals surface area contributed by atoms with Gasteiger partial charge in [-0.3, -0.25) is 4.79 Å². The first kappa shape index (κ1) is 14.2. The fraction of sp³-hybridized carbons (Fsp3) is 0.364. The standard InChI is InChI=1S/C11H11ClFNO4S/c12-8-6-7(3-4-9(8)13)19(17,18)14-5-1-2-10(14)11(15)16/h3-4,6,10H,1-2,5H2,(H,15,16)/t10-/m0/s1. The van der Waals surface area contributed by atoms with E-state index >= 15 is 0 Å². The number of hydrogen-bond acceptors (Lipinski definition) is 3. The Balaban J connectivity index is 2.42. The molecule has 2 rings (SSSR count). The Bertz CT molecular complexity index is 619. The van der Waals surface area contributed by atoms with E-state index in [2.05, 4.69) is 0 Å². The number of sulfonamides is 1. The van der Waals surface area contributed by atoms with Crippen LogP contribution in [-0.2, 0) is 14.8 Å². The SMILES string of the molecule is O=C(O)[C@@H]1CCCN1S(=O)(=O)c1ccc(F)c(Cl)c1. The van der Waals surface area contributed by atoms with Crippen molar-refractivity contribution in [3.05, 3.63) is 29.0 Å². The molecule has 1 N–H and O–H groups in total. The Kier molecular flexibility index (Phi) is 3.80. The molecular formula is C11H11ClFNO4S. The fourth-order valence-electron chi connectivity index (χ4n) is 2.05. The molecule has 1 aromatic carbocycles. The van der Waals surface area contributed by atoms with E-state index in [1.54, 1.807) is 0 Å². The maximum Gasteiger partial charge on any atom is 0.322 e. The summed E-state index contributed by atoms with van der Waals surface area (Å²) in [6, 6.07) is 1.94. The molecule has 0 radical (unpaired) electrons. The van der Waals surface area contributed by atoms with Gasteiger partial charge in [0, 0.05) is 6.54 Å². The normalized spacial score (nSPS) is 20.6. The average molecular weight is 308 g/mol. The van der Waals surface area contributed by atoms with E-state index in [0.717, 1.165) is 22.5 Å². The molecule has 0 aliphatic carbocycles. The Labute approximate surface area is 114 Å². The van der Waals surface area contributed by atoms with E-state index in [-0.39, 0.29) is 22.9 Å². The molecule has 1 fully saturated rings. The van der Waals surface area contributed by atoms with Crippen molar-refractivity contribution in [1.82, 2.24) is 4.31 Å². The van der Waals surface area contributed by atoms with Gasteiger partial charge in [-0.05, 0) is 31.0 Å². The van der Waals surface area contributed by atoms with E-state index in [4.69, 9.17) is 16.7 Å². The molecule has 0 spiro atoms. The quantitative estimate of drug-likeness (QED) is 0.922. The number of hydrogen-bond donors (Lipinski definition) is 1. The van der Waals surface area contributed by atoms with Crippen LogP contribution in [0.15, 0.2) is 23.1 Å². The van der Waals surface area contributed by atoms with E-state index in [9.17, 15) is 17.6 Å². The second-order valence-electron chi connectivity index (χ2n) is 4.19. The maximum atomic E-state index is 13.0. The van der Waals surface area contributed by atoms with Gasteiger partial charge in [-0.1, -0.05) is 11.6 Å². The van der Waals surface area contributed by atoms with Gasteiger partial charge in [-0.25, -0.2) is 12.8 Å². The summed E-state index contributed by atoms with van der Waals surface area (Å²) in [4.78, 5) is 10.8. The van der Waals surface area contributed by atoms with Crippen LogP contribution < -0.4 is 0 Å². The molecule has 1 aliphatic heterocycles. The van der Waals surface area contributed by atoms with E-state index in [1.165, 1.54) is 0 Å². The molecule has 104 valence electrons. The van der Waals surface area contributed by atoms with Gasteiger partial charge in [0.1, 0.15) is 11.9 Å². The highest BCUT2D eigenvalue weighted by molar-refractivity contribution is 7.89. The number of rotatable bonds is 3. The van der Waals surface area contributed by atoms with Crippen LogP contribution in [0.1, 0.15) is 12.8 Å². The molecule has 19 heavy (non-hydrogen) atoms. The first-order valence-electron chi connectivity index (χ1n) is 5.54. The zero-order valence-corrected chi connectivity index (χ0v) is 11.3. The minimum Gasteiger partial charge on any atom is -0.480 e. The molecule has 1 atom stereocenters. The van der Waals surface area contributed by atoms with Crippen molar-refractivity contribution in [2.75, 3.05) is 6.54 Å². The van der Waals surface area contributed by atoms with Crippen molar-refractivity contribution in [2.24, 2.45) is 0 Å². The zero-order valence-electron chi connectivity index (χ0n) is 9.71. The zero-order chi connectivity index (χ0) is 14.2. The summed E-state index contributed by atoms with van der Waals surface area (Å²) >= 11 is 5.55. The highest BCUT2D eigenvalue weighted by atomic mass is 35.5. The van der Waals surface area contributed by atoms with Gasteiger partial charge in [0.2, 0.25) is 10.0 Å². The van der Waals surface area contributed by atoms with Crippen LogP contribution in [0.2, 0.25) is 5.02 Å². The monoisotopic (exact) mass is 307 g/mol. The molecule has 0 saturated carbocycles. The Hall–Kier alpha value is -1.18. The lowest BCUT2D eigenvalue weighted by Crippen LogP contribution is -2.40. The minimum absolute atomic E-state index is 0.133. The minimum atomic E-state index is -3.97. The summed E-state index contributed by atoms with van der Waals surface area (Å²) in [5, 5.41) is 8.69. The van der Waals surface area contributed by atoms with E-state index in [1.807, 2.05) is 0 Å². The van der Waals surface area contributed by atoms with Crippen LogP contribution >= 0.6 is 11.6 Å². The predicted octanol–water partition coefficient (Wildman–Crippen LogP) is 1.72. The van der Waals surface area contributed by atoms with Crippen LogP contribution in [-0.4, -0.2) is 36.4 Å². The summed E-state index contributed by atoms with van der Waals surface area (Å²) in [6.07, 6.45) is 0.745. The van der Waals surface area contributed by atoms with E-state index in [0.29, 0.717) is 6.42 Å². The third-order valence-electron chi connectivity index (χ3n) is 2.99. The van der Waals surface area contributed by atoms with Gasteiger partial charge in [0.25, 0.3) is 0 Å². The predicted molar refractivity (Wildman–Crippen MR) is 66.0 cm³/mol. The lowest BCUT2D eigenvalue weighted by Gasteiger charge is -2.21. The van der Waals surface area contributed by atoms with Crippen LogP contribution in [0.4, 0.5) is 4.39 Å². The number of carboxylic acid groups (broad SMARTS) is 1. The first-order valence-corrected chi connectivity index (χ1v) is 7.35. The van der Waals surface area contributed by atoms with Crippen LogP contribution in [0.3, 0.4) is 0 Å². The molecule has 8 heteroatoms. The van der Waals surface area contributed by atoms with Crippen molar-refractivity contribution < 1.29 is 22.7 Å². The second kappa shape index (κ2) is 5.07. The van der Waals surface area contributed by atoms with Gasteiger partial charge >= 0.3 is 5.97 Å². The summed E-state index contributed by atoms with van der Waals surface area (Å²) < 4.78 is 38.5. The second-order valence-corrected chi connectivity index (χ2v) is 6.49. The smallest absolute Gasteiger partial charge is 0.322 e. The first-order chi connectivity index (χ1) is 8.84. The van der Waals surface area contributed by atoms with Crippen molar-refractivity contribution in [3.8, 4) is 0 Å². The highest BCUT2D eigenvalue weighted by Gasteiger charge is 2.39. The van der Waals surface area contributed by atoms with Crippen molar-refractivity contribution in [2.45, 2.75) is 23.8 Å². The average Bonchev–Trinajstić information content (AvgIpc) is 2.82. The number of carbonyl (C=O) groups is 1. The van der Waals surface area contributed by atoms with Gasteiger partial charge in [0.05, 0.1) is 9.92 Å². The molecule has 0 amide bonds. The summed E-state index contributed by atoms with van der Waals surface area (Å²) in [6.45, 7) is 0.133. The van der Waals surface area contributed by atoms with Gasteiger partial charge < -0.3 is 5.11 Å². The summed E-state index contributed by atoms with van der Waals surface area (Å²) in [5.41, 5.74) is 0. The molecule has 0 unspecified atom stereocenters. The van der Waals surface area contributed by atoms with Crippen LogP contribution in [0, 0.1) is 5.82 Å². The number of halogens is 2. The largest absolute Gasteiger partial charge is 0.480 e. The molecule has 1 aliphatic rings. The number of nitrogens with zero attached hydrogens (tertiary/aromatic N) is 1. The topological polar surface area (TPSA) is 74.7 Å². The summed E-state index contributed by atoms with van der Waals surface area (Å²) in [5.74, 6) is -1.91. The molecular weight excluding hydrogens is 297 g/mol. The Morgan fingerprint density at radius 1 is 1.47 bits per heavy atom. The fourth-order valence-corrected chi connectivity index (χ4v) is 3.97. The van der Waals surface area contributed by atoms with Gasteiger partial charge in [0.15, 0.2) is 0 Å². The number of aliphatic carboxylic acids is 1. The van der Waals surface area contributed by atoms with Gasteiger partial charge in [-0.15, -0.1) is 0 Å².